The second-order valence-electron chi connectivity index (χ2n) is 6.95. The number of allylic oxidation sites excluding steroid dienone is 2. The van der Waals surface area contributed by atoms with Crippen molar-refractivity contribution in [2.45, 2.75) is 26.4 Å². The van der Waals surface area contributed by atoms with E-state index in [2.05, 4.69) is 37.9 Å². The minimum absolute atomic E-state index is 0.0574. The van der Waals surface area contributed by atoms with Gasteiger partial charge < -0.3 is 19.9 Å². The summed E-state index contributed by atoms with van der Waals surface area (Å²) in [5.41, 5.74) is 7.68. The molecule has 1 atom stereocenters. The highest BCUT2D eigenvalue weighted by Gasteiger charge is 2.37. The maximum absolute atomic E-state index is 12.7. The van der Waals surface area contributed by atoms with Crippen LogP contribution in [0.2, 0.25) is 10.0 Å². The number of halogens is 4. The summed E-state index contributed by atoms with van der Waals surface area (Å²) in [6, 6.07) is 10.7. The monoisotopic (exact) mass is 614 g/mol. The lowest BCUT2D eigenvalue weighted by Gasteiger charge is -2.27. The molecule has 0 amide bonds. The molecule has 0 fully saturated rings. The summed E-state index contributed by atoms with van der Waals surface area (Å²) in [6.07, 6.45) is 0. The van der Waals surface area contributed by atoms with E-state index in [1.165, 1.54) is 0 Å². The zero-order chi connectivity index (χ0) is 24.3. The van der Waals surface area contributed by atoms with Gasteiger partial charge in [0.1, 0.15) is 29.8 Å². The summed E-state index contributed by atoms with van der Waals surface area (Å²) < 4.78 is 17.8. The van der Waals surface area contributed by atoms with Crippen molar-refractivity contribution in [3.8, 4) is 11.8 Å². The quantitative estimate of drug-likeness (QED) is 0.361. The lowest BCUT2D eigenvalue weighted by Crippen LogP contribution is -2.25. The van der Waals surface area contributed by atoms with E-state index in [9.17, 15) is 10.1 Å². The van der Waals surface area contributed by atoms with Crippen LogP contribution in [-0.4, -0.2) is 12.6 Å². The van der Waals surface area contributed by atoms with Crippen molar-refractivity contribution >= 4 is 61.0 Å². The molecule has 2 N–H and O–H groups in total. The molecule has 0 bridgehead atoms. The first-order valence-corrected chi connectivity index (χ1v) is 12.0. The Hall–Kier alpha value is -2.18. The predicted molar refractivity (Wildman–Crippen MR) is 133 cm³/mol. The molecule has 0 saturated carbocycles. The van der Waals surface area contributed by atoms with Gasteiger partial charge in [0, 0.05) is 15.6 Å². The number of rotatable bonds is 6. The molecule has 2 aromatic rings. The number of carbonyl (C=O) groups excluding carboxylic acids is 1. The molecule has 1 aliphatic heterocycles. The van der Waals surface area contributed by atoms with Crippen LogP contribution in [0, 0.1) is 11.3 Å². The molecule has 6 nitrogen and oxygen atoms in total. The third kappa shape index (κ3) is 5.49. The Bertz CT molecular complexity index is 1200. The molecular weight excluding hydrogens is 599 g/mol. The van der Waals surface area contributed by atoms with E-state index in [1.807, 2.05) is 0 Å². The van der Waals surface area contributed by atoms with E-state index in [4.69, 9.17) is 43.1 Å². The average Bonchev–Trinajstić information content (AvgIpc) is 2.73. The van der Waals surface area contributed by atoms with Gasteiger partial charge in [-0.3, -0.25) is 0 Å². The number of carbonyl (C=O) groups is 1. The van der Waals surface area contributed by atoms with Crippen LogP contribution in [0.5, 0.6) is 5.75 Å². The van der Waals surface area contributed by atoms with E-state index in [0.29, 0.717) is 30.3 Å². The molecule has 1 unspecified atom stereocenters. The predicted octanol–water partition coefficient (Wildman–Crippen LogP) is 6.74. The Morgan fingerprint density at radius 1 is 1.24 bits per heavy atom. The lowest BCUT2D eigenvalue weighted by molar-refractivity contribution is -0.139. The van der Waals surface area contributed by atoms with Crippen molar-refractivity contribution in [1.29, 1.82) is 5.26 Å². The normalized spacial score (nSPS) is 15.7. The topological polar surface area (TPSA) is 94.6 Å². The third-order valence-electron chi connectivity index (χ3n) is 4.84. The van der Waals surface area contributed by atoms with Crippen LogP contribution < -0.4 is 10.5 Å². The third-order valence-corrected chi connectivity index (χ3v) is 6.61. The van der Waals surface area contributed by atoms with E-state index >= 15 is 0 Å². The Morgan fingerprint density at radius 3 is 2.48 bits per heavy atom. The molecular formula is C23H18Br2Cl2N2O4. The van der Waals surface area contributed by atoms with Gasteiger partial charge in [0.2, 0.25) is 5.88 Å². The summed E-state index contributed by atoms with van der Waals surface area (Å²) in [5.74, 6) is -0.607. The van der Waals surface area contributed by atoms with Crippen LogP contribution in [0.3, 0.4) is 0 Å². The van der Waals surface area contributed by atoms with Crippen LogP contribution >= 0.6 is 55.1 Å². The number of hydrogen-bond acceptors (Lipinski definition) is 6. The molecule has 33 heavy (non-hydrogen) atoms. The fourth-order valence-corrected chi connectivity index (χ4v) is 5.27. The first kappa shape index (κ1) is 25.4. The fraction of sp³-hybridized carbons (Fsp3) is 0.217. The van der Waals surface area contributed by atoms with Gasteiger partial charge in [-0.15, -0.1) is 0 Å². The number of nitrogens with zero attached hydrogens (tertiary/aromatic N) is 1. The summed E-state index contributed by atoms with van der Waals surface area (Å²) >= 11 is 19.2. The van der Waals surface area contributed by atoms with Crippen LogP contribution in [0.4, 0.5) is 0 Å². The average molecular weight is 617 g/mol. The molecule has 0 aliphatic carbocycles. The second kappa shape index (κ2) is 10.8. The van der Waals surface area contributed by atoms with E-state index < -0.39 is 11.9 Å². The van der Waals surface area contributed by atoms with Crippen molar-refractivity contribution in [2.75, 3.05) is 6.61 Å². The smallest absolute Gasteiger partial charge is 0.338 e. The largest absolute Gasteiger partial charge is 0.486 e. The van der Waals surface area contributed by atoms with Gasteiger partial charge in [-0.25, -0.2) is 4.79 Å². The molecule has 172 valence electrons. The first-order valence-electron chi connectivity index (χ1n) is 9.69. The molecule has 0 radical (unpaired) electrons. The molecule has 1 heterocycles. The summed E-state index contributed by atoms with van der Waals surface area (Å²) in [5, 5.41) is 10.8. The van der Waals surface area contributed by atoms with Gasteiger partial charge in [-0.05, 0) is 75.5 Å². The van der Waals surface area contributed by atoms with Crippen molar-refractivity contribution < 1.29 is 19.0 Å². The molecule has 0 spiro atoms. The summed E-state index contributed by atoms with van der Waals surface area (Å²) in [6.45, 7) is 3.69. The van der Waals surface area contributed by atoms with Crippen LogP contribution in [0.25, 0.3) is 0 Å². The molecule has 3 rings (SSSR count). The minimum atomic E-state index is -0.768. The Labute approximate surface area is 218 Å². The zero-order valence-corrected chi connectivity index (χ0v) is 22.2. The van der Waals surface area contributed by atoms with Crippen LogP contribution in [-0.2, 0) is 20.9 Å². The number of benzene rings is 2. The van der Waals surface area contributed by atoms with Gasteiger partial charge in [0.05, 0.1) is 27.0 Å². The SMILES string of the molecule is CCOC(=O)C1=C(C)OC(N)=C(C#N)C1c1cc(Br)c(OCc2ccc(Cl)cc2Cl)c(Br)c1. The van der Waals surface area contributed by atoms with Crippen LogP contribution in [0.15, 0.2) is 62.1 Å². The van der Waals surface area contributed by atoms with Gasteiger partial charge in [-0.1, -0.05) is 29.3 Å². The van der Waals surface area contributed by atoms with E-state index in [0.717, 1.165) is 5.56 Å². The van der Waals surface area contributed by atoms with Crippen molar-refractivity contribution in [2.24, 2.45) is 5.73 Å². The standard InChI is InChI=1S/C23H18Br2Cl2N2O4/c1-3-31-23(30)19-11(2)33-22(29)15(9-28)20(19)13-6-16(24)21(17(25)7-13)32-10-12-4-5-14(26)8-18(12)27/h4-8,20H,3,10,29H2,1-2H3. The summed E-state index contributed by atoms with van der Waals surface area (Å²) in [7, 11) is 0. The van der Waals surface area contributed by atoms with E-state index in [-0.39, 0.29) is 36.0 Å². The van der Waals surface area contributed by atoms with Crippen molar-refractivity contribution in [3.05, 3.63) is 83.2 Å². The van der Waals surface area contributed by atoms with Crippen molar-refractivity contribution in [1.82, 2.24) is 0 Å². The number of esters is 1. The first-order chi connectivity index (χ1) is 15.7. The number of nitriles is 1. The van der Waals surface area contributed by atoms with Gasteiger partial charge in [-0.2, -0.15) is 5.26 Å². The van der Waals surface area contributed by atoms with Crippen LogP contribution in [0.1, 0.15) is 30.9 Å². The molecule has 0 aromatic heterocycles. The minimum Gasteiger partial charge on any atom is -0.486 e. The maximum Gasteiger partial charge on any atom is 0.338 e. The highest BCUT2D eigenvalue weighted by atomic mass is 79.9. The number of hydrogen-bond donors (Lipinski definition) is 1. The Kier molecular flexibility index (Phi) is 8.35. The van der Waals surface area contributed by atoms with Crippen molar-refractivity contribution in [3.63, 3.8) is 0 Å². The lowest BCUT2D eigenvalue weighted by atomic mass is 9.83. The zero-order valence-electron chi connectivity index (χ0n) is 17.5. The Balaban J connectivity index is 2.00. The van der Waals surface area contributed by atoms with Gasteiger partial charge in [0.15, 0.2) is 0 Å². The second-order valence-corrected chi connectivity index (χ2v) is 9.51. The highest BCUT2D eigenvalue weighted by Crippen LogP contribution is 2.44. The summed E-state index contributed by atoms with van der Waals surface area (Å²) in [4.78, 5) is 12.7. The highest BCUT2D eigenvalue weighted by molar-refractivity contribution is 9.11. The number of nitrogens with two attached hydrogens (primary N) is 1. The van der Waals surface area contributed by atoms with Gasteiger partial charge >= 0.3 is 5.97 Å². The number of ether oxygens (including phenoxy) is 3. The van der Waals surface area contributed by atoms with Gasteiger partial charge in [0.25, 0.3) is 0 Å². The molecule has 2 aromatic carbocycles. The molecule has 1 aliphatic rings. The molecule has 10 heteroatoms. The molecule has 0 saturated heterocycles. The maximum atomic E-state index is 12.7. The fourth-order valence-electron chi connectivity index (χ4n) is 3.36. The Morgan fingerprint density at radius 2 is 1.91 bits per heavy atom. The van der Waals surface area contributed by atoms with E-state index in [1.54, 1.807) is 44.2 Å².